The molecule has 0 saturated carbocycles. The summed E-state index contributed by atoms with van der Waals surface area (Å²) in [6.07, 6.45) is 0. The van der Waals surface area contributed by atoms with E-state index in [9.17, 15) is 9.59 Å². The Morgan fingerprint density at radius 1 is 1.38 bits per heavy atom. The number of carbonyl (C=O) groups excluding carboxylic acids is 2. The van der Waals surface area contributed by atoms with E-state index in [0.717, 1.165) is 0 Å². The van der Waals surface area contributed by atoms with Crippen molar-refractivity contribution in [1.82, 2.24) is 0 Å². The van der Waals surface area contributed by atoms with Gasteiger partial charge < -0.3 is 9.64 Å². The predicted octanol–water partition coefficient (Wildman–Crippen LogP) is 2.22. The largest absolute Gasteiger partial charge is 0.465 e. The number of carbonyl (C=O) groups is 2. The van der Waals surface area contributed by atoms with Gasteiger partial charge in [0.15, 0.2) is 0 Å². The lowest BCUT2D eigenvalue weighted by Crippen LogP contribution is -2.23. The Bertz CT molecular complexity index is 431. The highest BCUT2D eigenvalue weighted by atomic mass is 79.9. The molecule has 0 N–H and O–H groups in total. The Kier molecular flexibility index (Phi) is 4.06. The summed E-state index contributed by atoms with van der Waals surface area (Å²) in [4.78, 5) is 23.9. The van der Waals surface area contributed by atoms with Gasteiger partial charge in [0, 0.05) is 18.4 Å². The quantitative estimate of drug-likeness (QED) is 0.783. The monoisotopic (exact) mass is 285 g/mol. The molecule has 0 spiro atoms. The van der Waals surface area contributed by atoms with Crippen LogP contribution in [0.15, 0.2) is 22.7 Å². The third kappa shape index (κ3) is 2.61. The second-order valence-electron chi connectivity index (χ2n) is 3.24. The van der Waals surface area contributed by atoms with E-state index < -0.39 is 5.97 Å². The zero-order valence-electron chi connectivity index (χ0n) is 9.28. The predicted molar refractivity (Wildman–Crippen MR) is 64.6 cm³/mol. The number of methoxy groups -OCH3 is 1. The summed E-state index contributed by atoms with van der Waals surface area (Å²) in [5, 5.41) is 0. The van der Waals surface area contributed by atoms with Crippen LogP contribution in [0.2, 0.25) is 0 Å². The maximum absolute atomic E-state index is 11.3. The van der Waals surface area contributed by atoms with E-state index in [-0.39, 0.29) is 5.91 Å². The molecule has 0 aliphatic rings. The lowest BCUT2D eigenvalue weighted by atomic mass is 10.2. The Labute approximate surface area is 102 Å². The maximum atomic E-state index is 11.3. The molecule has 86 valence electrons. The smallest absolute Gasteiger partial charge is 0.337 e. The van der Waals surface area contributed by atoms with Crippen molar-refractivity contribution in [3.63, 3.8) is 0 Å². The number of anilines is 1. The molecule has 0 atom stereocenters. The molecule has 0 aliphatic carbocycles. The molecule has 0 aromatic heterocycles. The number of benzene rings is 1. The van der Waals surface area contributed by atoms with E-state index in [1.807, 2.05) is 0 Å². The molecule has 0 bridgehead atoms. The van der Waals surface area contributed by atoms with Gasteiger partial charge in [0.2, 0.25) is 5.91 Å². The number of nitrogens with zero attached hydrogens (tertiary/aromatic N) is 1. The molecule has 1 amide bonds. The van der Waals surface area contributed by atoms with Crippen LogP contribution in [0.25, 0.3) is 0 Å². The van der Waals surface area contributed by atoms with Gasteiger partial charge in [-0.3, -0.25) is 4.79 Å². The Morgan fingerprint density at radius 2 is 2.00 bits per heavy atom. The van der Waals surface area contributed by atoms with Gasteiger partial charge in [0.1, 0.15) is 0 Å². The third-order valence-corrected chi connectivity index (χ3v) is 2.84. The Balaban J connectivity index is 3.09. The van der Waals surface area contributed by atoms with Gasteiger partial charge in [-0.05, 0) is 34.1 Å². The van der Waals surface area contributed by atoms with Crippen molar-refractivity contribution in [3.05, 3.63) is 28.2 Å². The minimum absolute atomic E-state index is 0.0773. The SMILES string of the molecule is COC(=O)c1ccc(N(C)C(C)=O)c(Br)c1. The minimum atomic E-state index is -0.405. The van der Waals surface area contributed by atoms with Gasteiger partial charge in [0.25, 0.3) is 0 Å². The van der Waals surface area contributed by atoms with Crippen molar-refractivity contribution in [3.8, 4) is 0 Å². The van der Waals surface area contributed by atoms with Gasteiger partial charge in [-0.2, -0.15) is 0 Å². The number of hydrogen-bond donors (Lipinski definition) is 0. The van der Waals surface area contributed by atoms with Crippen molar-refractivity contribution >= 4 is 33.5 Å². The third-order valence-electron chi connectivity index (χ3n) is 2.20. The zero-order valence-corrected chi connectivity index (χ0v) is 10.9. The first kappa shape index (κ1) is 12.7. The van der Waals surface area contributed by atoms with E-state index in [4.69, 9.17) is 0 Å². The van der Waals surface area contributed by atoms with Gasteiger partial charge >= 0.3 is 5.97 Å². The molecule has 1 rings (SSSR count). The highest BCUT2D eigenvalue weighted by molar-refractivity contribution is 9.10. The van der Waals surface area contributed by atoms with Crippen LogP contribution < -0.4 is 4.90 Å². The number of halogens is 1. The molecule has 0 unspecified atom stereocenters. The average molecular weight is 286 g/mol. The number of amides is 1. The van der Waals surface area contributed by atoms with E-state index in [2.05, 4.69) is 20.7 Å². The molecule has 4 nitrogen and oxygen atoms in total. The summed E-state index contributed by atoms with van der Waals surface area (Å²) in [7, 11) is 2.99. The first-order valence-corrected chi connectivity index (χ1v) is 5.39. The van der Waals surface area contributed by atoms with Gasteiger partial charge in [-0.25, -0.2) is 4.79 Å². The van der Waals surface area contributed by atoms with Crippen LogP contribution in [0.4, 0.5) is 5.69 Å². The fourth-order valence-corrected chi connectivity index (χ4v) is 1.84. The Hall–Kier alpha value is -1.36. The second-order valence-corrected chi connectivity index (χ2v) is 4.09. The van der Waals surface area contributed by atoms with Crippen LogP contribution in [0.1, 0.15) is 17.3 Å². The zero-order chi connectivity index (χ0) is 12.3. The normalized spacial score (nSPS) is 9.75. The average Bonchev–Trinajstić information content (AvgIpc) is 2.26. The first-order valence-electron chi connectivity index (χ1n) is 4.59. The van der Waals surface area contributed by atoms with Crippen molar-refractivity contribution in [1.29, 1.82) is 0 Å². The molecule has 1 aromatic carbocycles. The van der Waals surface area contributed by atoms with Crippen molar-refractivity contribution in [2.75, 3.05) is 19.1 Å². The molecule has 0 aliphatic heterocycles. The number of rotatable bonds is 2. The fourth-order valence-electron chi connectivity index (χ4n) is 1.19. The Morgan fingerprint density at radius 3 is 2.44 bits per heavy atom. The summed E-state index contributed by atoms with van der Waals surface area (Å²) in [6.45, 7) is 1.47. The first-order chi connectivity index (χ1) is 7.47. The van der Waals surface area contributed by atoms with Crippen LogP contribution in [-0.4, -0.2) is 26.0 Å². The summed E-state index contributed by atoms with van der Waals surface area (Å²) in [5.74, 6) is -0.482. The van der Waals surface area contributed by atoms with Crippen LogP contribution in [-0.2, 0) is 9.53 Å². The summed E-state index contributed by atoms with van der Waals surface area (Å²) in [5.41, 5.74) is 1.15. The standard InChI is InChI=1S/C11H12BrNO3/c1-7(14)13(2)10-5-4-8(6-9(10)12)11(15)16-3/h4-6H,1-3H3. The highest BCUT2D eigenvalue weighted by Gasteiger charge is 2.12. The van der Waals surface area contributed by atoms with Crippen LogP contribution in [0.3, 0.4) is 0 Å². The molecule has 0 heterocycles. The van der Waals surface area contributed by atoms with Gasteiger partial charge in [-0.1, -0.05) is 0 Å². The number of ether oxygens (including phenoxy) is 1. The molecule has 0 fully saturated rings. The number of hydrogen-bond acceptors (Lipinski definition) is 3. The van der Waals surface area contributed by atoms with Crippen LogP contribution in [0, 0.1) is 0 Å². The van der Waals surface area contributed by atoms with E-state index in [0.29, 0.717) is 15.7 Å². The van der Waals surface area contributed by atoms with Crippen LogP contribution >= 0.6 is 15.9 Å². The number of esters is 1. The van der Waals surface area contributed by atoms with Crippen molar-refractivity contribution < 1.29 is 14.3 Å². The van der Waals surface area contributed by atoms with Crippen molar-refractivity contribution in [2.45, 2.75) is 6.92 Å². The van der Waals surface area contributed by atoms with E-state index in [1.165, 1.54) is 18.9 Å². The molecular formula is C11H12BrNO3. The topological polar surface area (TPSA) is 46.6 Å². The van der Waals surface area contributed by atoms with E-state index >= 15 is 0 Å². The van der Waals surface area contributed by atoms with Gasteiger partial charge in [0.05, 0.1) is 18.4 Å². The highest BCUT2D eigenvalue weighted by Crippen LogP contribution is 2.26. The van der Waals surface area contributed by atoms with Gasteiger partial charge in [-0.15, -0.1) is 0 Å². The molecule has 1 aromatic rings. The lowest BCUT2D eigenvalue weighted by molar-refractivity contribution is -0.116. The molecule has 5 heteroatoms. The van der Waals surface area contributed by atoms with Crippen molar-refractivity contribution in [2.24, 2.45) is 0 Å². The lowest BCUT2D eigenvalue weighted by Gasteiger charge is -2.17. The summed E-state index contributed by atoms with van der Waals surface area (Å²) in [6, 6.07) is 4.93. The molecule has 0 saturated heterocycles. The van der Waals surface area contributed by atoms with Crippen LogP contribution in [0.5, 0.6) is 0 Å². The molecule has 0 radical (unpaired) electrons. The minimum Gasteiger partial charge on any atom is -0.465 e. The summed E-state index contributed by atoms with van der Waals surface area (Å²) < 4.78 is 5.27. The second kappa shape index (κ2) is 5.12. The molecular weight excluding hydrogens is 274 g/mol. The summed E-state index contributed by atoms with van der Waals surface area (Å²) >= 11 is 3.31. The molecule has 16 heavy (non-hydrogen) atoms. The maximum Gasteiger partial charge on any atom is 0.337 e. The van der Waals surface area contributed by atoms with E-state index in [1.54, 1.807) is 25.2 Å². The fraction of sp³-hybridized carbons (Fsp3) is 0.273.